The fraction of sp³-hybridized carbons (Fsp3) is 0.211. The zero-order valence-corrected chi connectivity index (χ0v) is 15.9. The van der Waals surface area contributed by atoms with Crippen LogP contribution in [0.5, 0.6) is 0 Å². The largest absolute Gasteiger partial charge is 0.338 e. The third kappa shape index (κ3) is 5.83. The van der Waals surface area contributed by atoms with Crippen molar-refractivity contribution in [3.63, 3.8) is 0 Å². The van der Waals surface area contributed by atoms with Gasteiger partial charge in [-0.15, -0.1) is 11.3 Å². The first-order chi connectivity index (χ1) is 13.8. The molecule has 7 nitrogen and oxygen atoms in total. The van der Waals surface area contributed by atoms with Crippen molar-refractivity contribution >= 4 is 23.2 Å². The van der Waals surface area contributed by atoms with Gasteiger partial charge in [0, 0.05) is 11.1 Å². The van der Waals surface area contributed by atoms with E-state index in [0.29, 0.717) is 5.56 Å². The van der Waals surface area contributed by atoms with Gasteiger partial charge in [-0.05, 0) is 49.0 Å². The van der Waals surface area contributed by atoms with E-state index in [1.54, 1.807) is 11.7 Å². The Balaban J connectivity index is 2.10. The average molecular weight is 418 g/mol. The van der Waals surface area contributed by atoms with Gasteiger partial charge in [-0.1, -0.05) is 5.92 Å². The molecule has 150 valence electrons. The number of nitrogens with two attached hydrogens (primary N) is 1. The number of hydrogen-bond donors (Lipinski definition) is 4. The number of halogens is 2. The second kappa shape index (κ2) is 9.75. The topological polar surface area (TPSA) is 117 Å². The molecule has 0 aliphatic rings. The summed E-state index contributed by atoms with van der Waals surface area (Å²) in [6, 6.07) is 4.01. The molecule has 2 atom stereocenters. The Morgan fingerprint density at radius 2 is 1.90 bits per heavy atom. The van der Waals surface area contributed by atoms with Crippen LogP contribution in [0.25, 0.3) is 0 Å². The minimum Gasteiger partial charge on any atom is -0.338 e. The maximum absolute atomic E-state index is 13.1. The Morgan fingerprint density at radius 3 is 2.45 bits per heavy atom. The van der Waals surface area contributed by atoms with Crippen LogP contribution in [0, 0.1) is 23.7 Å². The first-order valence-electron chi connectivity index (χ1n) is 8.08. The summed E-state index contributed by atoms with van der Waals surface area (Å²) in [5.41, 5.74) is 6.61. The number of aromatic nitrogens is 1. The maximum Gasteiger partial charge on any atom is 0.268 e. The lowest BCUT2D eigenvalue weighted by molar-refractivity contribution is -0.134. The monoisotopic (exact) mass is 418 g/mol. The zero-order chi connectivity index (χ0) is 21.4. The highest BCUT2D eigenvalue weighted by atomic mass is 32.1. The van der Waals surface area contributed by atoms with Crippen LogP contribution < -0.4 is 16.5 Å². The first kappa shape index (κ1) is 22.0. The standard InChI is InChI=1S/C19H16F2N4O3S/c1-19(22,18(20)21)15(17(27)25-28)24-16(26)13-8-6-12(7-9-13)4-2-3-5-14-10-23-11-29-14/h6-11,15,18,28H,22H2,1H3,(H,24,26)(H,25,27)/t15-,19?/m1/s1. The Labute approximate surface area is 169 Å². The van der Waals surface area contributed by atoms with Gasteiger partial charge in [0.25, 0.3) is 18.2 Å². The van der Waals surface area contributed by atoms with Crippen molar-refractivity contribution in [2.24, 2.45) is 5.73 Å². The summed E-state index contributed by atoms with van der Waals surface area (Å²) in [5.74, 6) is 8.87. The quantitative estimate of drug-likeness (QED) is 0.330. The van der Waals surface area contributed by atoms with Crippen LogP contribution in [0.2, 0.25) is 0 Å². The highest BCUT2D eigenvalue weighted by Crippen LogP contribution is 2.18. The van der Waals surface area contributed by atoms with Crippen LogP contribution in [0.4, 0.5) is 8.78 Å². The van der Waals surface area contributed by atoms with E-state index in [4.69, 9.17) is 10.9 Å². The minimum atomic E-state index is -3.13. The predicted molar refractivity (Wildman–Crippen MR) is 102 cm³/mol. The third-order valence-electron chi connectivity index (χ3n) is 3.77. The molecule has 1 aromatic heterocycles. The summed E-state index contributed by atoms with van der Waals surface area (Å²) in [4.78, 5) is 28.7. The molecule has 1 aromatic carbocycles. The number of nitrogens with zero attached hydrogens (tertiary/aromatic N) is 1. The number of alkyl halides is 2. The van der Waals surface area contributed by atoms with E-state index in [0.717, 1.165) is 11.8 Å². The van der Waals surface area contributed by atoms with Gasteiger partial charge < -0.3 is 11.1 Å². The van der Waals surface area contributed by atoms with Crippen molar-refractivity contribution in [3.05, 3.63) is 52.0 Å². The van der Waals surface area contributed by atoms with Gasteiger partial charge in [0.2, 0.25) is 0 Å². The molecule has 2 rings (SSSR count). The fourth-order valence-electron chi connectivity index (χ4n) is 2.09. The van der Waals surface area contributed by atoms with Crippen molar-refractivity contribution < 1.29 is 23.6 Å². The number of carbonyl (C=O) groups excluding carboxylic acids is 2. The van der Waals surface area contributed by atoms with Crippen LogP contribution in [-0.2, 0) is 4.79 Å². The Kier molecular flexibility index (Phi) is 7.39. The van der Waals surface area contributed by atoms with Crippen molar-refractivity contribution in [2.45, 2.75) is 24.9 Å². The lowest BCUT2D eigenvalue weighted by atomic mass is 9.92. The second-order valence-corrected chi connectivity index (χ2v) is 6.88. The van der Waals surface area contributed by atoms with Crippen molar-refractivity contribution in [2.75, 3.05) is 0 Å². The normalized spacial score (nSPS) is 13.2. The van der Waals surface area contributed by atoms with Crippen molar-refractivity contribution in [1.82, 2.24) is 15.8 Å². The summed E-state index contributed by atoms with van der Waals surface area (Å²) in [7, 11) is 0. The molecule has 10 heteroatoms. The number of carbonyl (C=O) groups is 2. The van der Waals surface area contributed by atoms with E-state index in [2.05, 4.69) is 34.0 Å². The Morgan fingerprint density at radius 1 is 1.24 bits per heavy atom. The number of hydroxylamine groups is 1. The fourth-order valence-corrected chi connectivity index (χ4v) is 2.55. The molecule has 0 radical (unpaired) electrons. The summed E-state index contributed by atoms with van der Waals surface area (Å²) < 4.78 is 26.3. The maximum atomic E-state index is 13.1. The van der Waals surface area contributed by atoms with Crippen molar-refractivity contribution in [3.8, 4) is 23.7 Å². The molecule has 0 spiro atoms. The SMILES string of the molecule is CC(N)(C(F)F)[C@H](NC(=O)c1ccc(C#CC#Cc2cncs2)cc1)C(=O)NO. The highest BCUT2D eigenvalue weighted by molar-refractivity contribution is 7.10. The molecule has 5 N–H and O–H groups in total. The molecule has 0 aliphatic heterocycles. The molecule has 29 heavy (non-hydrogen) atoms. The van der Waals surface area contributed by atoms with E-state index in [1.165, 1.54) is 41.1 Å². The molecule has 0 saturated heterocycles. The smallest absolute Gasteiger partial charge is 0.268 e. The number of benzene rings is 1. The minimum absolute atomic E-state index is 0.0899. The molecular formula is C19H16F2N4O3S. The lowest BCUT2D eigenvalue weighted by Gasteiger charge is -2.32. The summed E-state index contributed by atoms with van der Waals surface area (Å²) >= 11 is 1.39. The lowest BCUT2D eigenvalue weighted by Crippen LogP contribution is -2.66. The highest BCUT2D eigenvalue weighted by Gasteiger charge is 2.44. The van der Waals surface area contributed by atoms with Gasteiger partial charge in [0.1, 0.15) is 11.6 Å². The number of amides is 2. The zero-order valence-electron chi connectivity index (χ0n) is 15.1. The van der Waals surface area contributed by atoms with Gasteiger partial charge in [-0.3, -0.25) is 19.8 Å². The van der Waals surface area contributed by atoms with E-state index in [-0.39, 0.29) is 5.56 Å². The van der Waals surface area contributed by atoms with Crippen molar-refractivity contribution in [1.29, 1.82) is 0 Å². The van der Waals surface area contributed by atoms with Crippen LogP contribution in [0.15, 0.2) is 36.0 Å². The molecule has 0 bridgehead atoms. The van der Waals surface area contributed by atoms with E-state index in [1.807, 2.05) is 0 Å². The van der Waals surface area contributed by atoms with Gasteiger partial charge in [-0.25, -0.2) is 14.3 Å². The number of thiazole rings is 1. The third-order valence-corrected chi connectivity index (χ3v) is 4.46. The van der Waals surface area contributed by atoms with Crippen LogP contribution in [0.1, 0.15) is 27.7 Å². The Bertz CT molecular complexity index is 984. The Hall–Kier alpha value is -3.31. The second-order valence-electron chi connectivity index (χ2n) is 5.99. The van der Waals surface area contributed by atoms with E-state index < -0.39 is 29.8 Å². The molecule has 0 fully saturated rings. The molecule has 1 unspecified atom stereocenters. The predicted octanol–water partition coefficient (Wildman–Crippen LogP) is 1.13. The molecule has 2 aromatic rings. The first-order valence-corrected chi connectivity index (χ1v) is 8.96. The molecule has 0 saturated carbocycles. The van der Waals surface area contributed by atoms with E-state index in [9.17, 15) is 18.4 Å². The molecule has 1 heterocycles. The molecule has 2 amide bonds. The van der Waals surface area contributed by atoms with Gasteiger partial charge in [0.15, 0.2) is 0 Å². The number of nitrogens with one attached hydrogen (secondary N) is 2. The molecule has 0 aliphatic carbocycles. The van der Waals surface area contributed by atoms with Crippen LogP contribution >= 0.6 is 11.3 Å². The summed E-state index contributed by atoms with van der Waals surface area (Å²) in [6.45, 7) is 0.893. The molecular weight excluding hydrogens is 402 g/mol. The summed E-state index contributed by atoms with van der Waals surface area (Å²) in [5, 5.41) is 10.9. The van der Waals surface area contributed by atoms with Gasteiger partial charge in [-0.2, -0.15) is 0 Å². The van der Waals surface area contributed by atoms with Crippen LogP contribution in [0.3, 0.4) is 0 Å². The summed E-state index contributed by atoms with van der Waals surface area (Å²) in [6.07, 6.45) is -1.51. The number of rotatable bonds is 5. The van der Waals surface area contributed by atoms with E-state index >= 15 is 0 Å². The van der Waals surface area contributed by atoms with Gasteiger partial charge in [0.05, 0.1) is 16.6 Å². The average Bonchev–Trinajstić information content (AvgIpc) is 3.22. The van der Waals surface area contributed by atoms with Crippen LogP contribution in [-0.4, -0.2) is 40.0 Å². The number of hydrogen-bond acceptors (Lipinski definition) is 6. The van der Waals surface area contributed by atoms with Gasteiger partial charge >= 0.3 is 0 Å².